The van der Waals surface area contributed by atoms with Crippen LogP contribution in [0.15, 0.2) is 30.4 Å². The van der Waals surface area contributed by atoms with Gasteiger partial charge in [-0.15, -0.1) is 0 Å². The third-order valence-corrected chi connectivity index (χ3v) is 2.11. The van der Waals surface area contributed by atoms with Crippen molar-refractivity contribution in [3.63, 3.8) is 0 Å². The summed E-state index contributed by atoms with van der Waals surface area (Å²) < 4.78 is 9.46. The maximum absolute atomic E-state index is 11.3. The summed E-state index contributed by atoms with van der Waals surface area (Å²) in [5, 5.41) is 0. The molecule has 0 aliphatic carbocycles. The van der Waals surface area contributed by atoms with Gasteiger partial charge in [0.25, 0.3) is 0 Å². The van der Waals surface area contributed by atoms with Gasteiger partial charge in [-0.2, -0.15) is 0 Å². The number of ether oxygens (including phenoxy) is 2. The van der Waals surface area contributed by atoms with Gasteiger partial charge < -0.3 is 9.47 Å². The van der Waals surface area contributed by atoms with E-state index in [4.69, 9.17) is 4.74 Å². The van der Waals surface area contributed by atoms with Crippen LogP contribution in [0.1, 0.15) is 27.6 Å². The Morgan fingerprint density at radius 2 is 2.00 bits per heavy atom. The lowest BCUT2D eigenvalue weighted by Crippen LogP contribution is -2.10. The van der Waals surface area contributed by atoms with Gasteiger partial charge in [-0.1, -0.05) is 6.58 Å². The molecule has 1 aromatic carbocycles. The molecule has 1 rings (SSSR count). The lowest BCUT2D eigenvalue weighted by Gasteiger charge is -2.07. The average molecular weight is 248 g/mol. The molecule has 0 atom stereocenters. The number of aldehydes is 1. The van der Waals surface area contributed by atoms with Crippen LogP contribution in [0.3, 0.4) is 0 Å². The van der Waals surface area contributed by atoms with Crippen LogP contribution in [0.25, 0.3) is 0 Å². The van der Waals surface area contributed by atoms with Gasteiger partial charge in [-0.05, 0) is 25.1 Å². The molecule has 5 nitrogen and oxygen atoms in total. The maximum atomic E-state index is 11.3. The zero-order valence-electron chi connectivity index (χ0n) is 10.1. The first-order chi connectivity index (χ1) is 8.49. The average Bonchev–Trinajstić information content (AvgIpc) is 2.37. The molecular formula is C13H12O5. The Kier molecular flexibility index (Phi) is 4.37. The van der Waals surface area contributed by atoms with Gasteiger partial charge in [0.15, 0.2) is 6.29 Å². The standard InChI is InChI=1S/C13H12O5/c1-8(2)12(15)18-10-4-5-11(13(16)17-3)9(6-10)7-14/h4-7H,1H2,2-3H3. The first-order valence-corrected chi connectivity index (χ1v) is 5.04. The van der Waals surface area contributed by atoms with Gasteiger partial charge in [0.1, 0.15) is 5.75 Å². The molecule has 0 aliphatic rings. The quantitative estimate of drug-likeness (QED) is 0.351. The molecule has 0 unspecified atom stereocenters. The molecule has 0 radical (unpaired) electrons. The van der Waals surface area contributed by atoms with E-state index in [1.165, 1.54) is 32.2 Å². The van der Waals surface area contributed by atoms with Crippen LogP contribution < -0.4 is 4.74 Å². The minimum Gasteiger partial charge on any atom is -0.465 e. The SMILES string of the molecule is C=C(C)C(=O)Oc1ccc(C(=O)OC)c(C=O)c1. The van der Waals surface area contributed by atoms with E-state index >= 15 is 0 Å². The number of rotatable bonds is 4. The van der Waals surface area contributed by atoms with Crippen LogP contribution in [0, 0.1) is 0 Å². The van der Waals surface area contributed by atoms with Crippen LogP contribution in [-0.2, 0) is 9.53 Å². The molecule has 0 aliphatic heterocycles. The Balaban J connectivity index is 3.06. The zero-order chi connectivity index (χ0) is 13.7. The summed E-state index contributed by atoms with van der Waals surface area (Å²) in [4.78, 5) is 33.5. The second kappa shape index (κ2) is 5.77. The van der Waals surface area contributed by atoms with Gasteiger partial charge in [0.2, 0.25) is 0 Å². The van der Waals surface area contributed by atoms with Crippen molar-refractivity contribution in [3.05, 3.63) is 41.5 Å². The Bertz CT molecular complexity index is 516. The third-order valence-electron chi connectivity index (χ3n) is 2.11. The molecule has 0 bridgehead atoms. The van der Waals surface area contributed by atoms with Crippen molar-refractivity contribution < 1.29 is 23.9 Å². The highest BCUT2D eigenvalue weighted by Gasteiger charge is 2.13. The number of carbonyl (C=O) groups is 3. The number of methoxy groups -OCH3 is 1. The van der Waals surface area contributed by atoms with Crippen LogP contribution in [0.2, 0.25) is 0 Å². The minimum absolute atomic E-state index is 0.0915. The highest BCUT2D eigenvalue weighted by atomic mass is 16.5. The molecule has 0 aromatic heterocycles. The van der Waals surface area contributed by atoms with Gasteiger partial charge in [-0.3, -0.25) is 4.79 Å². The van der Waals surface area contributed by atoms with Crippen molar-refractivity contribution in [2.75, 3.05) is 7.11 Å². The summed E-state index contributed by atoms with van der Waals surface area (Å²) in [7, 11) is 1.21. The smallest absolute Gasteiger partial charge is 0.338 e. The summed E-state index contributed by atoms with van der Waals surface area (Å²) in [6.45, 7) is 4.94. The molecule has 0 N–H and O–H groups in total. The fraction of sp³-hybridized carbons (Fsp3) is 0.154. The summed E-state index contributed by atoms with van der Waals surface area (Å²) in [6.07, 6.45) is 0.490. The normalized spacial score (nSPS) is 9.44. The fourth-order valence-electron chi connectivity index (χ4n) is 1.19. The molecule has 94 valence electrons. The van der Waals surface area contributed by atoms with E-state index in [9.17, 15) is 14.4 Å². The van der Waals surface area contributed by atoms with Crippen molar-refractivity contribution in [1.29, 1.82) is 0 Å². The number of benzene rings is 1. The van der Waals surface area contributed by atoms with Crippen LogP contribution in [0.4, 0.5) is 0 Å². The summed E-state index contributed by atoms with van der Waals surface area (Å²) in [5.41, 5.74) is 0.441. The molecule has 18 heavy (non-hydrogen) atoms. The summed E-state index contributed by atoms with van der Waals surface area (Å²) >= 11 is 0. The molecule has 0 fully saturated rings. The van der Waals surface area contributed by atoms with Gasteiger partial charge >= 0.3 is 11.9 Å². The highest BCUT2D eigenvalue weighted by molar-refractivity contribution is 5.98. The van der Waals surface area contributed by atoms with Crippen molar-refractivity contribution >= 4 is 18.2 Å². The van der Waals surface area contributed by atoms with Gasteiger partial charge in [0.05, 0.1) is 12.7 Å². The predicted molar refractivity (Wildman–Crippen MR) is 63.6 cm³/mol. The van der Waals surface area contributed by atoms with E-state index in [1.807, 2.05) is 0 Å². The topological polar surface area (TPSA) is 69.7 Å². The Morgan fingerprint density at radius 3 is 2.50 bits per heavy atom. The largest absolute Gasteiger partial charge is 0.465 e. The molecule has 5 heteroatoms. The highest BCUT2D eigenvalue weighted by Crippen LogP contribution is 2.18. The maximum Gasteiger partial charge on any atom is 0.338 e. The minimum atomic E-state index is -0.630. The molecule has 0 amide bonds. The first kappa shape index (κ1) is 13.6. The Morgan fingerprint density at radius 1 is 1.33 bits per heavy atom. The van der Waals surface area contributed by atoms with E-state index in [0.717, 1.165) is 0 Å². The lowest BCUT2D eigenvalue weighted by molar-refractivity contribution is -0.130. The first-order valence-electron chi connectivity index (χ1n) is 5.04. The van der Waals surface area contributed by atoms with E-state index < -0.39 is 11.9 Å². The second-order valence-electron chi connectivity index (χ2n) is 3.53. The zero-order valence-corrected chi connectivity index (χ0v) is 10.1. The van der Waals surface area contributed by atoms with Crippen LogP contribution in [-0.4, -0.2) is 25.3 Å². The van der Waals surface area contributed by atoms with Gasteiger partial charge in [0, 0.05) is 11.1 Å². The van der Waals surface area contributed by atoms with E-state index in [-0.39, 0.29) is 22.4 Å². The predicted octanol–water partition coefficient (Wildman–Crippen LogP) is 1.77. The lowest BCUT2D eigenvalue weighted by atomic mass is 10.1. The third kappa shape index (κ3) is 3.04. The van der Waals surface area contributed by atoms with Crippen molar-refractivity contribution in [2.24, 2.45) is 0 Å². The van der Waals surface area contributed by atoms with E-state index in [2.05, 4.69) is 11.3 Å². The number of esters is 2. The molecule has 0 spiro atoms. The van der Waals surface area contributed by atoms with Gasteiger partial charge in [-0.25, -0.2) is 9.59 Å². The van der Waals surface area contributed by atoms with Crippen molar-refractivity contribution in [3.8, 4) is 5.75 Å². The number of hydrogen-bond donors (Lipinski definition) is 0. The molecule has 0 saturated heterocycles. The van der Waals surface area contributed by atoms with Crippen LogP contribution >= 0.6 is 0 Å². The monoisotopic (exact) mass is 248 g/mol. The number of carbonyl (C=O) groups excluding carboxylic acids is 3. The molecule has 0 saturated carbocycles. The fourth-order valence-corrected chi connectivity index (χ4v) is 1.19. The van der Waals surface area contributed by atoms with Crippen molar-refractivity contribution in [2.45, 2.75) is 6.92 Å². The molecular weight excluding hydrogens is 236 g/mol. The van der Waals surface area contributed by atoms with E-state index in [0.29, 0.717) is 6.29 Å². The Labute approximate surface area is 104 Å². The summed E-state index contributed by atoms with van der Waals surface area (Å²) in [5.74, 6) is -1.06. The number of hydrogen-bond acceptors (Lipinski definition) is 5. The van der Waals surface area contributed by atoms with Crippen molar-refractivity contribution in [1.82, 2.24) is 0 Å². The van der Waals surface area contributed by atoms with Crippen LogP contribution in [0.5, 0.6) is 5.75 Å². The summed E-state index contributed by atoms with van der Waals surface area (Å²) in [6, 6.07) is 4.05. The van der Waals surface area contributed by atoms with E-state index in [1.54, 1.807) is 0 Å². The Hall–Kier alpha value is -2.43. The second-order valence-corrected chi connectivity index (χ2v) is 3.53. The molecule has 1 aromatic rings. The molecule has 0 heterocycles.